The number of aliphatic hydroxyl groups is 1. The number of fused-ring (bicyclic) bond motifs is 1. The van der Waals surface area contributed by atoms with Crippen LogP contribution < -0.4 is 5.32 Å². The number of benzene rings is 1. The van der Waals surface area contributed by atoms with Crippen molar-refractivity contribution in [1.82, 2.24) is 10.3 Å². The second kappa shape index (κ2) is 7.44. The van der Waals surface area contributed by atoms with Crippen molar-refractivity contribution in [3.8, 4) is 10.8 Å². The molecule has 5 nitrogen and oxygen atoms in total. The highest BCUT2D eigenvalue weighted by molar-refractivity contribution is 7.21. The number of methoxy groups -OCH3 is 1. The summed E-state index contributed by atoms with van der Waals surface area (Å²) in [6, 6.07) is 12.0. The molecule has 1 atom stereocenters. The monoisotopic (exact) mass is 346 g/mol. The number of rotatable bonds is 8. The Labute approximate surface area is 145 Å². The average molecular weight is 346 g/mol. The molecule has 1 aromatic carbocycles. The van der Waals surface area contributed by atoms with Gasteiger partial charge in [0.25, 0.3) is 0 Å². The van der Waals surface area contributed by atoms with Gasteiger partial charge in [-0.05, 0) is 37.6 Å². The van der Waals surface area contributed by atoms with Gasteiger partial charge in [-0.3, -0.25) is 0 Å². The van der Waals surface area contributed by atoms with E-state index in [2.05, 4.69) is 16.4 Å². The van der Waals surface area contributed by atoms with E-state index in [1.807, 2.05) is 37.3 Å². The number of ether oxygens (including phenoxy) is 1. The van der Waals surface area contributed by atoms with Gasteiger partial charge >= 0.3 is 0 Å². The van der Waals surface area contributed by atoms with E-state index < -0.39 is 0 Å². The summed E-state index contributed by atoms with van der Waals surface area (Å²) in [5, 5.41) is 13.5. The molecule has 0 aliphatic rings. The Balaban J connectivity index is 1.71. The summed E-state index contributed by atoms with van der Waals surface area (Å²) >= 11 is 1.63. The Bertz CT molecular complexity index is 757. The van der Waals surface area contributed by atoms with Crippen molar-refractivity contribution in [2.75, 3.05) is 20.3 Å². The fourth-order valence-electron chi connectivity index (χ4n) is 2.64. The third-order valence-electron chi connectivity index (χ3n) is 3.98. The van der Waals surface area contributed by atoms with Crippen molar-refractivity contribution >= 4 is 21.6 Å². The van der Waals surface area contributed by atoms with Crippen LogP contribution in [0.4, 0.5) is 0 Å². The van der Waals surface area contributed by atoms with E-state index in [0.29, 0.717) is 19.6 Å². The Morgan fingerprint density at radius 1 is 1.29 bits per heavy atom. The van der Waals surface area contributed by atoms with Crippen LogP contribution in [0.15, 0.2) is 40.8 Å². The molecule has 2 N–H and O–H groups in total. The molecule has 3 rings (SSSR count). The number of nitrogens with one attached hydrogen (secondary N) is 1. The fourth-order valence-corrected chi connectivity index (χ4v) is 3.57. The lowest BCUT2D eigenvalue weighted by Gasteiger charge is -2.29. The summed E-state index contributed by atoms with van der Waals surface area (Å²) < 4.78 is 12.3. The largest absolute Gasteiger partial charge is 0.457 e. The van der Waals surface area contributed by atoms with Crippen molar-refractivity contribution < 1.29 is 14.3 Å². The molecule has 0 saturated heterocycles. The average Bonchev–Trinajstić information content (AvgIpc) is 3.20. The molecule has 0 aliphatic carbocycles. The van der Waals surface area contributed by atoms with Gasteiger partial charge in [-0.1, -0.05) is 12.1 Å². The zero-order valence-electron chi connectivity index (χ0n) is 13.9. The minimum Gasteiger partial charge on any atom is -0.457 e. The normalized spacial score (nSPS) is 14.1. The predicted molar refractivity (Wildman–Crippen MR) is 96.1 cm³/mol. The maximum Gasteiger partial charge on any atom is 0.163 e. The number of thiazole rings is 1. The van der Waals surface area contributed by atoms with Crippen LogP contribution in [0.3, 0.4) is 0 Å². The number of aliphatic hydroxyl groups excluding tert-OH is 1. The van der Waals surface area contributed by atoms with Gasteiger partial charge in [0.15, 0.2) is 10.8 Å². The van der Waals surface area contributed by atoms with E-state index in [9.17, 15) is 5.11 Å². The van der Waals surface area contributed by atoms with Crippen LogP contribution in [0, 0.1) is 0 Å². The minimum absolute atomic E-state index is 0.113. The molecule has 0 radical (unpaired) electrons. The number of hydrogen-bond donors (Lipinski definition) is 2. The topological polar surface area (TPSA) is 67.5 Å². The van der Waals surface area contributed by atoms with Gasteiger partial charge in [0, 0.05) is 19.3 Å². The third-order valence-corrected chi connectivity index (χ3v) is 5.03. The van der Waals surface area contributed by atoms with Crippen LogP contribution in [0.25, 0.3) is 21.0 Å². The number of hydrogen-bond acceptors (Lipinski definition) is 6. The molecular weight excluding hydrogens is 324 g/mol. The maximum absolute atomic E-state index is 9.22. The number of nitrogens with zero attached hydrogens (tertiary/aromatic N) is 1. The highest BCUT2D eigenvalue weighted by Crippen LogP contribution is 2.31. The summed E-state index contributed by atoms with van der Waals surface area (Å²) in [4.78, 5) is 4.62. The molecular formula is C18H22N2O3S. The molecule has 2 heterocycles. The molecule has 0 aliphatic heterocycles. The van der Waals surface area contributed by atoms with Crippen LogP contribution >= 0.6 is 11.3 Å². The Hall–Kier alpha value is -1.73. The van der Waals surface area contributed by atoms with Gasteiger partial charge in [-0.15, -0.1) is 11.3 Å². The number of aromatic nitrogens is 1. The van der Waals surface area contributed by atoms with Crippen LogP contribution in [-0.2, 0) is 11.3 Å². The highest BCUT2D eigenvalue weighted by Gasteiger charge is 2.23. The van der Waals surface area contributed by atoms with Crippen molar-refractivity contribution in [3.05, 3.63) is 42.2 Å². The van der Waals surface area contributed by atoms with Crippen molar-refractivity contribution in [2.45, 2.75) is 25.4 Å². The third kappa shape index (κ3) is 3.84. The molecule has 6 heteroatoms. The first-order valence-corrected chi connectivity index (χ1v) is 8.75. The van der Waals surface area contributed by atoms with Crippen molar-refractivity contribution in [1.29, 1.82) is 0 Å². The maximum atomic E-state index is 9.22. The molecule has 128 valence electrons. The quantitative estimate of drug-likeness (QED) is 0.654. The SMILES string of the molecule is COCC(C)(CCO)NCc1ccc(-c2nc3ccccc3s2)o1. The van der Waals surface area contributed by atoms with Gasteiger partial charge in [0.05, 0.1) is 23.4 Å². The highest BCUT2D eigenvalue weighted by atomic mass is 32.1. The standard InChI is InChI=1S/C18H22N2O3S/c1-18(9-10-21,12-22-2)19-11-13-7-8-15(23-13)17-20-14-5-3-4-6-16(14)24-17/h3-8,19,21H,9-12H2,1-2H3. The molecule has 0 amide bonds. The zero-order valence-corrected chi connectivity index (χ0v) is 14.7. The molecule has 2 aromatic heterocycles. The van der Waals surface area contributed by atoms with Crippen LogP contribution in [-0.4, -0.2) is 36.0 Å². The Morgan fingerprint density at radius 3 is 2.88 bits per heavy atom. The lowest BCUT2D eigenvalue weighted by Crippen LogP contribution is -2.46. The summed E-state index contributed by atoms with van der Waals surface area (Å²) in [7, 11) is 1.66. The summed E-state index contributed by atoms with van der Waals surface area (Å²) in [5.41, 5.74) is 0.705. The molecule has 0 bridgehead atoms. The smallest absolute Gasteiger partial charge is 0.163 e. The van der Waals surface area contributed by atoms with Gasteiger partial charge in [-0.25, -0.2) is 4.98 Å². The van der Waals surface area contributed by atoms with E-state index in [1.165, 1.54) is 0 Å². The van der Waals surface area contributed by atoms with Gasteiger partial charge < -0.3 is 19.6 Å². The van der Waals surface area contributed by atoms with Gasteiger partial charge in [0.1, 0.15) is 5.76 Å². The first kappa shape index (κ1) is 17.1. The lowest BCUT2D eigenvalue weighted by molar-refractivity contribution is 0.0957. The first-order chi connectivity index (χ1) is 11.6. The minimum atomic E-state index is -0.285. The molecule has 24 heavy (non-hydrogen) atoms. The lowest BCUT2D eigenvalue weighted by atomic mass is 9.99. The summed E-state index contributed by atoms with van der Waals surface area (Å²) in [6.07, 6.45) is 0.617. The zero-order chi connectivity index (χ0) is 17.0. The van der Waals surface area contributed by atoms with Gasteiger partial charge in [0.2, 0.25) is 0 Å². The first-order valence-electron chi connectivity index (χ1n) is 7.93. The van der Waals surface area contributed by atoms with E-state index in [0.717, 1.165) is 26.7 Å². The number of para-hydroxylation sites is 1. The molecule has 3 aromatic rings. The second-order valence-corrected chi connectivity index (χ2v) is 7.10. The van der Waals surface area contributed by atoms with E-state index >= 15 is 0 Å². The Kier molecular flexibility index (Phi) is 5.30. The molecule has 0 spiro atoms. The van der Waals surface area contributed by atoms with E-state index in [1.54, 1.807) is 18.4 Å². The van der Waals surface area contributed by atoms with Gasteiger partial charge in [-0.2, -0.15) is 0 Å². The second-order valence-electron chi connectivity index (χ2n) is 6.07. The molecule has 1 unspecified atom stereocenters. The fraction of sp³-hybridized carbons (Fsp3) is 0.389. The number of furan rings is 1. The molecule has 0 fully saturated rings. The van der Waals surface area contributed by atoms with Crippen molar-refractivity contribution in [3.63, 3.8) is 0 Å². The van der Waals surface area contributed by atoms with Crippen molar-refractivity contribution in [2.24, 2.45) is 0 Å². The van der Waals surface area contributed by atoms with E-state index in [4.69, 9.17) is 9.15 Å². The summed E-state index contributed by atoms with van der Waals surface area (Å²) in [5.74, 6) is 1.62. The Morgan fingerprint density at radius 2 is 2.12 bits per heavy atom. The van der Waals surface area contributed by atoms with Crippen LogP contribution in [0.1, 0.15) is 19.1 Å². The summed E-state index contributed by atoms with van der Waals surface area (Å²) in [6.45, 7) is 3.25. The molecule has 0 saturated carbocycles. The van der Waals surface area contributed by atoms with E-state index in [-0.39, 0.29) is 12.1 Å². The predicted octanol–water partition coefficient (Wildman–Crippen LogP) is 3.43. The van der Waals surface area contributed by atoms with Crippen LogP contribution in [0.2, 0.25) is 0 Å². The van der Waals surface area contributed by atoms with Crippen LogP contribution in [0.5, 0.6) is 0 Å².